The highest BCUT2D eigenvalue weighted by Crippen LogP contribution is 2.18. The minimum absolute atomic E-state index is 0.185. The topological polar surface area (TPSA) is 0 Å². The molecule has 70 valence electrons. The Morgan fingerprint density at radius 1 is 1.00 bits per heavy atom. The molecule has 1 heteroatoms. The van der Waals surface area contributed by atoms with Crippen molar-refractivity contribution in [1.82, 2.24) is 0 Å². The highest BCUT2D eigenvalue weighted by molar-refractivity contribution is 5.84. The van der Waals surface area contributed by atoms with Gasteiger partial charge in [-0.25, -0.2) is 4.39 Å². The second-order valence-corrected chi connectivity index (χ2v) is 3.25. The van der Waals surface area contributed by atoms with Crippen LogP contribution in [0.2, 0.25) is 0 Å². The standard InChI is InChI=1S/C13H11F/c1-2-3-10-4-5-11-6-7-13(14)9-12(11)8-10/h2-9H,1H3. The summed E-state index contributed by atoms with van der Waals surface area (Å²) in [6.45, 7) is 1.97. The van der Waals surface area contributed by atoms with Gasteiger partial charge in [0.25, 0.3) is 0 Å². The zero-order valence-electron chi connectivity index (χ0n) is 8.00. The number of rotatable bonds is 1. The monoisotopic (exact) mass is 186 g/mol. The van der Waals surface area contributed by atoms with Crippen LogP contribution >= 0.6 is 0 Å². The fourth-order valence-electron chi connectivity index (χ4n) is 1.53. The Labute approximate surface area is 82.7 Å². The molecule has 0 radical (unpaired) electrons. The largest absolute Gasteiger partial charge is 0.207 e. The van der Waals surface area contributed by atoms with Crippen molar-refractivity contribution in [3.8, 4) is 0 Å². The van der Waals surface area contributed by atoms with Gasteiger partial charge in [-0.1, -0.05) is 30.4 Å². The third kappa shape index (κ3) is 1.67. The normalized spacial score (nSPS) is 11.3. The molecule has 0 nitrogen and oxygen atoms in total. The second-order valence-electron chi connectivity index (χ2n) is 3.25. The van der Waals surface area contributed by atoms with Crippen molar-refractivity contribution in [3.05, 3.63) is 53.9 Å². The fraction of sp³-hybridized carbons (Fsp3) is 0.0769. The van der Waals surface area contributed by atoms with Crippen molar-refractivity contribution in [1.29, 1.82) is 0 Å². The van der Waals surface area contributed by atoms with Crippen LogP contribution in [0.5, 0.6) is 0 Å². The molecule has 0 fully saturated rings. The lowest BCUT2D eigenvalue weighted by Crippen LogP contribution is -1.78. The summed E-state index contributed by atoms with van der Waals surface area (Å²) >= 11 is 0. The molecule has 0 spiro atoms. The molecule has 0 aromatic heterocycles. The first-order chi connectivity index (χ1) is 6.79. The molecule has 2 rings (SSSR count). The Morgan fingerprint density at radius 3 is 2.57 bits per heavy atom. The van der Waals surface area contributed by atoms with Crippen molar-refractivity contribution in [3.63, 3.8) is 0 Å². The van der Waals surface area contributed by atoms with Crippen molar-refractivity contribution < 1.29 is 4.39 Å². The third-order valence-electron chi connectivity index (χ3n) is 2.19. The van der Waals surface area contributed by atoms with Gasteiger partial charge in [-0.3, -0.25) is 0 Å². The maximum Gasteiger partial charge on any atom is 0.123 e. The molecule has 0 bridgehead atoms. The number of halogens is 1. The average molecular weight is 186 g/mol. The highest BCUT2D eigenvalue weighted by Gasteiger charge is 1.95. The van der Waals surface area contributed by atoms with Crippen LogP contribution in [0.4, 0.5) is 4.39 Å². The molecule has 0 saturated heterocycles. The van der Waals surface area contributed by atoms with Crippen molar-refractivity contribution in [2.75, 3.05) is 0 Å². The van der Waals surface area contributed by atoms with Crippen LogP contribution in [0, 0.1) is 5.82 Å². The van der Waals surface area contributed by atoms with Crippen LogP contribution in [-0.2, 0) is 0 Å². The average Bonchev–Trinajstić information content (AvgIpc) is 2.17. The quantitative estimate of drug-likeness (QED) is 0.631. The zero-order chi connectivity index (χ0) is 9.97. The predicted octanol–water partition coefficient (Wildman–Crippen LogP) is 4.01. The van der Waals surface area contributed by atoms with Gasteiger partial charge >= 0.3 is 0 Å². The molecule has 0 aliphatic rings. The molecule has 2 aromatic carbocycles. The highest BCUT2D eigenvalue weighted by atomic mass is 19.1. The maximum atomic E-state index is 12.9. The van der Waals surface area contributed by atoms with Crippen molar-refractivity contribution in [2.45, 2.75) is 6.92 Å². The lowest BCUT2D eigenvalue weighted by molar-refractivity contribution is 0.630. The number of benzene rings is 2. The number of hydrogen-bond donors (Lipinski definition) is 0. The predicted molar refractivity (Wildman–Crippen MR) is 58.6 cm³/mol. The van der Waals surface area contributed by atoms with Gasteiger partial charge in [-0.15, -0.1) is 0 Å². The Hall–Kier alpha value is -1.63. The maximum absolute atomic E-state index is 12.9. The summed E-state index contributed by atoms with van der Waals surface area (Å²) in [7, 11) is 0. The lowest BCUT2D eigenvalue weighted by Gasteiger charge is -1.99. The number of allylic oxidation sites excluding steroid dienone is 1. The van der Waals surface area contributed by atoms with E-state index < -0.39 is 0 Å². The summed E-state index contributed by atoms with van der Waals surface area (Å²) in [4.78, 5) is 0. The van der Waals surface area contributed by atoms with Crippen LogP contribution < -0.4 is 0 Å². The summed E-state index contributed by atoms with van der Waals surface area (Å²) in [5, 5.41) is 2.01. The Balaban J connectivity index is 2.63. The third-order valence-corrected chi connectivity index (χ3v) is 2.19. The molecule has 0 aliphatic heterocycles. The summed E-state index contributed by atoms with van der Waals surface area (Å²) < 4.78 is 12.9. The van der Waals surface area contributed by atoms with Gasteiger partial charge in [0.15, 0.2) is 0 Å². The van der Waals surface area contributed by atoms with Gasteiger partial charge in [-0.2, -0.15) is 0 Å². The van der Waals surface area contributed by atoms with E-state index in [0.717, 1.165) is 16.3 Å². The molecule has 0 amide bonds. The van der Waals surface area contributed by atoms with Gasteiger partial charge in [0.1, 0.15) is 5.82 Å². The SMILES string of the molecule is CC=Cc1ccc2ccc(F)cc2c1. The van der Waals surface area contributed by atoms with E-state index in [2.05, 4.69) is 0 Å². The van der Waals surface area contributed by atoms with E-state index in [9.17, 15) is 4.39 Å². The lowest BCUT2D eigenvalue weighted by atomic mass is 10.1. The zero-order valence-corrected chi connectivity index (χ0v) is 8.00. The minimum atomic E-state index is -0.185. The van der Waals surface area contributed by atoms with Crippen LogP contribution in [0.1, 0.15) is 12.5 Å². The number of fused-ring (bicyclic) bond motifs is 1. The molecule has 14 heavy (non-hydrogen) atoms. The van der Waals surface area contributed by atoms with Gasteiger partial charge in [0.2, 0.25) is 0 Å². The second kappa shape index (κ2) is 3.62. The molecule has 0 N–H and O–H groups in total. The van der Waals surface area contributed by atoms with E-state index in [1.54, 1.807) is 12.1 Å². The Bertz CT molecular complexity index is 484. The summed E-state index contributed by atoms with van der Waals surface area (Å²) in [6.07, 6.45) is 3.98. The van der Waals surface area contributed by atoms with Crippen LogP contribution in [0.25, 0.3) is 16.8 Å². The summed E-state index contributed by atoms with van der Waals surface area (Å²) in [5.41, 5.74) is 1.10. The van der Waals surface area contributed by atoms with Gasteiger partial charge < -0.3 is 0 Å². The first-order valence-electron chi connectivity index (χ1n) is 4.61. The van der Waals surface area contributed by atoms with E-state index in [1.165, 1.54) is 6.07 Å². The van der Waals surface area contributed by atoms with Gasteiger partial charge in [0.05, 0.1) is 0 Å². The first-order valence-corrected chi connectivity index (χ1v) is 4.61. The van der Waals surface area contributed by atoms with Crippen LogP contribution in [-0.4, -0.2) is 0 Å². The van der Waals surface area contributed by atoms with Gasteiger partial charge in [-0.05, 0) is 41.5 Å². The smallest absolute Gasteiger partial charge is 0.123 e. The minimum Gasteiger partial charge on any atom is -0.207 e. The number of hydrogen-bond acceptors (Lipinski definition) is 0. The van der Waals surface area contributed by atoms with E-state index in [1.807, 2.05) is 37.3 Å². The fourth-order valence-corrected chi connectivity index (χ4v) is 1.53. The molecule has 0 saturated carbocycles. The van der Waals surface area contributed by atoms with Crippen LogP contribution in [0.15, 0.2) is 42.5 Å². The Kier molecular flexibility index (Phi) is 2.32. The first kappa shape index (κ1) is 8.95. The van der Waals surface area contributed by atoms with E-state index in [4.69, 9.17) is 0 Å². The summed E-state index contributed by atoms with van der Waals surface area (Å²) in [6, 6.07) is 10.9. The molecule has 0 aliphatic carbocycles. The van der Waals surface area contributed by atoms with Gasteiger partial charge in [0, 0.05) is 0 Å². The van der Waals surface area contributed by atoms with Crippen LogP contribution in [0.3, 0.4) is 0 Å². The van der Waals surface area contributed by atoms with E-state index in [0.29, 0.717) is 0 Å². The Morgan fingerprint density at radius 2 is 1.79 bits per heavy atom. The molecule has 0 heterocycles. The molecular weight excluding hydrogens is 175 g/mol. The molecule has 0 atom stereocenters. The van der Waals surface area contributed by atoms with Crippen molar-refractivity contribution in [2.24, 2.45) is 0 Å². The van der Waals surface area contributed by atoms with E-state index >= 15 is 0 Å². The molecular formula is C13H11F. The summed E-state index contributed by atoms with van der Waals surface area (Å²) in [5.74, 6) is -0.185. The molecule has 0 unspecified atom stereocenters. The van der Waals surface area contributed by atoms with E-state index in [-0.39, 0.29) is 5.82 Å². The molecule has 2 aromatic rings. The van der Waals surface area contributed by atoms with Crippen molar-refractivity contribution >= 4 is 16.8 Å².